The summed E-state index contributed by atoms with van der Waals surface area (Å²) < 4.78 is 1.71. The van der Waals surface area contributed by atoms with Gasteiger partial charge in [-0.1, -0.05) is 0 Å². The number of fused-ring (bicyclic) bond motifs is 1. The summed E-state index contributed by atoms with van der Waals surface area (Å²) in [4.78, 5) is 0. The molecule has 0 aromatic rings. The van der Waals surface area contributed by atoms with Crippen LogP contribution in [0.1, 0.15) is 73.1 Å². The Kier molecular flexibility index (Phi) is 3.02. The molecule has 3 aliphatic rings. The van der Waals surface area contributed by atoms with Crippen molar-refractivity contribution in [2.24, 2.45) is 16.2 Å². The molecule has 0 bridgehead atoms. The van der Waals surface area contributed by atoms with Gasteiger partial charge in [0.2, 0.25) is 0 Å². The molecule has 108 valence electrons. The van der Waals surface area contributed by atoms with Crippen molar-refractivity contribution in [3.05, 3.63) is 20.8 Å². The van der Waals surface area contributed by atoms with Crippen LogP contribution in [0.2, 0.25) is 0 Å². The third kappa shape index (κ3) is 1.55. The van der Waals surface area contributed by atoms with Gasteiger partial charge in [-0.25, -0.2) is 0 Å². The average molecular weight is 436 g/mol. The Labute approximate surface area is 129 Å². The molecule has 0 aromatic carbocycles. The predicted octanol–water partition coefficient (Wildman–Crippen LogP) is 5.52. The van der Waals surface area contributed by atoms with E-state index in [1.54, 1.807) is 15.2 Å². The van der Waals surface area contributed by atoms with E-state index in [4.69, 9.17) is 0 Å². The Morgan fingerprint density at radius 2 is 1.74 bits per heavy atom. The summed E-state index contributed by atoms with van der Waals surface area (Å²) in [5.41, 5.74) is 7.08. The van der Waals surface area contributed by atoms with Gasteiger partial charge in [-0.15, -0.1) is 0 Å². The standard InChI is InChI=1S/C18H27.Ir/c1-6-13-9-10-18(12-17(18,5)8-3)14-11-16(4,7-2)15(13)14;/h6-8,10-12H2,1-5H3;. The Hall–Kier alpha value is 0.129. The number of rotatable bonds is 3. The zero-order valence-corrected chi connectivity index (χ0v) is 15.5. The summed E-state index contributed by atoms with van der Waals surface area (Å²) in [5.74, 6) is 0. The Balaban J connectivity index is 2.10. The van der Waals surface area contributed by atoms with Crippen LogP contribution in [-0.2, 0) is 18.9 Å². The summed E-state index contributed by atoms with van der Waals surface area (Å²) in [7, 11) is 0. The normalized spacial score (nSPS) is 44.6. The third-order valence-corrected chi connectivity index (χ3v) is 7.90. The first kappa shape index (κ1) is 14.1. The molecule has 0 heterocycles. The van der Waals surface area contributed by atoms with Crippen molar-refractivity contribution < 1.29 is 18.9 Å². The van der Waals surface area contributed by atoms with Gasteiger partial charge in [0, 0.05) is 0 Å². The fourth-order valence-electron chi connectivity index (χ4n) is 4.87. The molecule has 0 saturated heterocycles. The Morgan fingerprint density at radius 3 is 2.21 bits per heavy atom. The van der Waals surface area contributed by atoms with Crippen molar-refractivity contribution in [3.8, 4) is 0 Å². The monoisotopic (exact) mass is 436 g/mol. The second-order valence-corrected chi connectivity index (χ2v) is 8.95. The molecule has 0 aromatic heterocycles. The van der Waals surface area contributed by atoms with E-state index in [1.165, 1.54) is 38.5 Å². The van der Waals surface area contributed by atoms with Crippen molar-refractivity contribution in [1.29, 1.82) is 0 Å². The van der Waals surface area contributed by atoms with Crippen LogP contribution in [0.3, 0.4) is 0 Å². The van der Waals surface area contributed by atoms with Crippen LogP contribution < -0.4 is 0 Å². The van der Waals surface area contributed by atoms with E-state index < -0.39 is 0 Å². The Bertz CT molecular complexity index is 498. The SMILES string of the molecule is CCC1=[C]([Ir])CC2(CC2(C)CC)C2=C1C(C)(CC)C2. The van der Waals surface area contributed by atoms with E-state index in [0.29, 0.717) is 16.2 Å². The van der Waals surface area contributed by atoms with Gasteiger partial charge < -0.3 is 0 Å². The molecule has 1 saturated carbocycles. The van der Waals surface area contributed by atoms with E-state index in [2.05, 4.69) is 53.5 Å². The Morgan fingerprint density at radius 1 is 1.05 bits per heavy atom. The topological polar surface area (TPSA) is 0 Å². The quantitative estimate of drug-likeness (QED) is 0.547. The molecule has 19 heavy (non-hydrogen) atoms. The van der Waals surface area contributed by atoms with Crippen LogP contribution in [0.5, 0.6) is 0 Å². The van der Waals surface area contributed by atoms with E-state index in [9.17, 15) is 0 Å². The molecule has 1 fully saturated rings. The molecular weight excluding hydrogens is 408 g/mol. The van der Waals surface area contributed by atoms with Crippen LogP contribution >= 0.6 is 0 Å². The summed E-state index contributed by atoms with van der Waals surface area (Å²) in [6, 6.07) is 0. The first-order valence-corrected chi connectivity index (χ1v) is 9.17. The predicted molar refractivity (Wildman–Crippen MR) is 77.4 cm³/mol. The van der Waals surface area contributed by atoms with E-state index >= 15 is 0 Å². The van der Waals surface area contributed by atoms with Crippen LogP contribution in [0.25, 0.3) is 0 Å². The maximum absolute atomic E-state index is 2.53. The molecule has 3 atom stereocenters. The van der Waals surface area contributed by atoms with Crippen LogP contribution in [0.15, 0.2) is 20.8 Å². The van der Waals surface area contributed by atoms with E-state index in [-0.39, 0.29) is 0 Å². The van der Waals surface area contributed by atoms with Gasteiger partial charge in [0.05, 0.1) is 0 Å². The van der Waals surface area contributed by atoms with E-state index in [1.807, 2.05) is 5.57 Å². The first-order valence-electron chi connectivity index (χ1n) is 7.97. The summed E-state index contributed by atoms with van der Waals surface area (Å²) in [6.07, 6.45) is 8.08. The van der Waals surface area contributed by atoms with Gasteiger partial charge in [-0.2, -0.15) is 0 Å². The van der Waals surface area contributed by atoms with Crippen LogP contribution in [-0.4, -0.2) is 0 Å². The fourth-order valence-corrected chi connectivity index (χ4v) is 6.31. The second kappa shape index (κ2) is 4.08. The molecule has 1 spiro atoms. The van der Waals surface area contributed by atoms with Crippen molar-refractivity contribution in [2.45, 2.75) is 73.1 Å². The average Bonchev–Trinajstić information content (AvgIpc) is 2.97. The van der Waals surface area contributed by atoms with Crippen LogP contribution in [0.4, 0.5) is 0 Å². The number of hydrogen-bond acceptors (Lipinski definition) is 0. The fraction of sp³-hybridized carbons (Fsp3) is 0.778. The van der Waals surface area contributed by atoms with Crippen LogP contribution in [0, 0.1) is 16.2 Å². The minimum atomic E-state index is 0.493. The summed E-state index contributed by atoms with van der Waals surface area (Å²) >= 11 is 2.41. The van der Waals surface area contributed by atoms with Gasteiger partial charge in [-0.05, 0) is 0 Å². The molecule has 0 radical (unpaired) electrons. The number of allylic oxidation sites excluding steroid dienone is 4. The summed E-state index contributed by atoms with van der Waals surface area (Å²) in [5, 5.41) is 0. The molecular formula is C18H27Ir. The molecule has 1 heteroatoms. The first-order chi connectivity index (χ1) is 8.87. The van der Waals surface area contributed by atoms with Crippen molar-refractivity contribution in [1.82, 2.24) is 0 Å². The third-order valence-electron chi connectivity index (χ3n) is 6.75. The minimum absolute atomic E-state index is 0.493. The molecule has 3 aliphatic carbocycles. The zero-order valence-electron chi connectivity index (χ0n) is 13.1. The molecule has 0 nitrogen and oxygen atoms in total. The van der Waals surface area contributed by atoms with Gasteiger partial charge in [0.1, 0.15) is 0 Å². The van der Waals surface area contributed by atoms with Gasteiger partial charge in [0.15, 0.2) is 0 Å². The van der Waals surface area contributed by atoms with Gasteiger partial charge in [0.25, 0.3) is 0 Å². The van der Waals surface area contributed by atoms with E-state index in [0.717, 1.165) is 0 Å². The molecule has 0 aliphatic heterocycles. The molecule has 0 N–H and O–H groups in total. The van der Waals surface area contributed by atoms with Crippen molar-refractivity contribution in [2.75, 3.05) is 0 Å². The zero-order chi connectivity index (χ0) is 14.1. The van der Waals surface area contributed by atoms with Crippen molar-refractivity contribution >= 4 is 0 Å². The number of hydrogen-bond donors (Lipinski definition) is 0. The van der Waals surface area contributed by atoms with Crippen molar-refractivity contribution in [3.63, 3.8) is 0 Å². The maximum atomic E-state index is 2.53. The molecule has 0 amide bonds. The summed E-state index contributed by atoms with van der Waals surface area (Å²) in [6.45, 7) is 12.1. The molecule has 3 unspecified atom stereocenters. The van der Waals surface area contributed by atoms with Gasteiger partial charge in [-0.3, -0.25) is 0 Å². The van der Waals surface area contributed by atoms with Gasteiger partial charge >= 0.3 is 129 Å². The second-order valence-electron chi connectivity index (χ2n) is 7.50. The molecule has 3 rings (SSSR count).